The Morgan fingerprint density at radius 1 is 0.543 bits per heavy atom. The zero-order valence-corrected chi connectivity index (χ0v) is 26.2. The molecule has 7 heteroatoms. The van der Waals surface area contributed by atoms with Crippen molar-refractivity contribution in [3.05, 3.63) is 0 Å². The molecule has 0 heterocycles. The average molecular weight is 525 g/mol. The van der Waals surface area contributed by atoms with Crippen molar-refractivity contribution in [3.8, 4) is 0 Å². The van der Waals surface area contributed by atoms with Crippen LogP contribution < -0.4 is 0 Å². The Balaban J connectivity index is -0.000000491. The second-order valence-electron chi connectivity index (χ2n) is 11.4. The predicted octanol–water partition coefficient (Wildman–Crippen LogP) is 7.11. The summed E-state index contributed by atoms with van der Waals surface area (Å²) in [6.07, 6.45) is 19.8. The van der Waals surface area contributed by atoms with Gasteiger partial charge in [-0.2, -0.15) is 0 Å². The van der Waals surface area contributed by atoms with Gasteiger partial charge in [-0.1, -0.05) is 78.1 Å². The third-order valence-electron chi connectivity index (χ3n) is 7.97. The molecule has 2 atom stereocenters. The maximum Gasteiger partial charge on any atom is 0.0857 e. The second-order valence-corrected chi connectivity index (χ2v) is 12.2. The number of nitrogens with zero attached hydrogens (tertiary/aromatic N) is 2. The molecule has 0 aliphatic heterocycles. The van der Waals surface area contributed by atoms with E-state index >= 15 is 0 Å². The number of hydrogen-bond acceptors (Lipinski definition) is 4. The third-order valence-corrected chi connectivity index (χ3v) is 7.97. The largest absolute Gasteiger partial charge is 0.759 e. The van der Waals surface area contributed by atoms with Crippen molar-refractivity contribution >= 4 is 10.4 Å². The fourth-order valence-electron chi connectivity index (χ4n) is 3.76. The van der Waals surface area contributed by atoms with E-state index in [1.54, 1.807) is 0 Å². The first-order valence-electron chi connectivity index (χ1n) is 14.4. The highest BCUT2D eigenvalue weighted by Gasteiger charge is 2.21. The molecular weight excluding hydrogens is 460 g/mol. The number of unbranched alkanes of at least 4 members (excludes halogenated alkanes) is 10. The molecule has 0 bridgehead atoms. The molecule has 0 radical (unpaired) electrons. The van der Waals surface area contributed by atoms with Gasteiger partial charge in [0.2, 0.25) is 0 Å². The Kier molecular flexibility index (Phi) is 25.8. The Labute approximate surface area is 221 Å². The predicted molar refractivity (Wildman–Crippen MR) is 151 cm³/mol. The highest BCUT2D eigenvalue weighted by Crippen LogP contribution is 2.16. The van der Waals surface area contributed by atoms with E-state index in [1.165, 1.54) is 112 Å². The second kappa shape index (κ2) is 22.9. The van der Waals surface area contributed by atoms with Crippen LogP contribution in [0.15, 0.2) is 0 Å². The van der Waals surface area contributed by atoms with E-state index in [2.05, 4.69) is 69.7 Å². The van der Waals surface area contributed by atoms with E-state index in [-0.39, 0.29) is 0 Å². The minimum absolute atomic E-state index is 0.821. The summed E-state index contributed by atoms with van der Waals surface area (Å²) in [5.74, 6) is 0. The molecular formula is C28H64N2O4S. The van der Waals surface area contributed by atoms with E-state index in [0.29, 0.717) is 0 Å². The van der Waals surface area contributed by atoms with Gasteiger partial charge in [0.15, 0.2) is 0 Å². The van der Waals surface area contributed by atoms with E-state index < -0.39 is 10.4 Å². The van der Waals surface area contributed by atoms with Gasteiger partial charge in [-0.25, -0.2) is 0 Å². The van der Waals surface area contributed by atoms with Gasteiger partial charge < -0.3 is 18.1 Å². The summed E-state index contributed by atoms with van der Waals surface area (Å²) in [6.45, 7) is 16.4. The summed E-state index contributed by atoms with van der Waals surface area (Å²) in [7, 11) is 4.23. The van der Waals surface area contributed by atoms with Crippen LogP contribution in [0.3, 0.4) is 0 Å². The lowest BCUT2D eigenvalue weighted by atomic mass is 10.0. The molecule has 6 nitrogen and oxygen atoms in total. The lowest BCUT2D eigenvalue weighted by Crippen LogP contribution is -2.46. The van der Waals surface area contributed by atoms with Crippen LogP contribution in [0.4, 0.5) is 0 Å². The van der Waals surface area contributed by atoms with Crippen molar-refractivity contribution in [2.45, 2.75) is 144 Å². The van der Waals surface area contributed by atoms with Crippen LogP contribution in [0.1, 0.15) is 131 Å². The Bertz CT molecular complexity index is 509. The van der Waals surface area contributed by atoms with Crippen molar-refractivity contribution in [1.29, 1.82) is 0 Å². The van der Waals surface area contributed by atoms with Crippen LogP contribution >= 0.6 is 0 Å². The van der Waals surface area contributed by atoms with Crippen molar-refractivity contribution < 1.29 is 26.5 Å². The zero-order chi connectivity index (χ0) is 28.0. The molecule has 0 amide bonds. The highest BCUT2D eigenvalue weighted by atomic mass is 32.3. The topological polar surface area (TPSA) is 80.3 Å². The summed E-state index contributed by atoms with van der Waals surface area (Å²) in [5.41, 5.74) is 0. The van der Waals surface area contributed by atoms with Crippen molar-refractivity contribution in [3.63, 3.8) is 0 Å². The highest BCUT2D eigenvalue weighted by molar-refractivity contribution is 7.79. The molecule has 0 spiro atoms. The van der Waals surface area contributed by atoms with Gasteiger partial charge in [-0.15, -0.1) is 0 Å². The average Bonchev–Trinajstić information content (AvgIpc) is 2.77. The van der Waals surface area contributed by atoms with Crippen LogP contribution in [-0.4, -0.2) is 79.9 Å². The fraction of sp³-hybridized carbons (Fsp3) is 1.00. The van der Waals surface area contributed by atoms with Gasteiger partial charge in [0, 0.05) is 10.4 Å². The summed E-state index contributed by atoms with van der Waals surface area (Å²) in [4.78, 5) is 0. The molecule has 0 N–H and O–H groups in total. The zero-order valence-electron chi connectivity index (χ0n) is 25.4. The SMILES string of the molecule is CCCCCCCCC(C)[N+](C)(C)CC.CCCCCCCCC(C)[N+](C)(C)CC.O=S(=O)([O-])[O-]. The van der Waals surface area contributed by atoms with Gasteiger partial charge in [-0.3, -0.25) is 8.42 Å². The maximum absolute atomic E-state index is 8.52. The standard InChI is InChI=1S/2C14H32N.H2O4S/c2*1-6-8-9-10-11-12-13-14(3)15(4,5)7-2;1-5(2,3)4/h2*14H,6-13H2,1-5H3;(H2,1,2,3,4)/q2*+1;/p-2. The molecule has 0 aromatic carbocycles. The summed E-state index contributed by atoms with van der Waals surface area (Å²) in [5, 5.41) is 0. The summed E-state index contributed by atoms with van der Waals surface area (Å²) >= 11 is 0. The van der Waals surface area contributed by atoms with Gasteiger partial charge >= 0.3 is 0 Å². The van der Waals surface area contributed by atoms with Crippen molar-refractivity contribution in [2.75, 3.05) is 41.3 Å². The van der Waals surface area contributed by atoms with E-state index in [9.17, 15) is 0 Å². The van der Waals surface area contributed by atoms with Gasteiger partial charge in [-0.05, 0) is 53.4 Å². The molecule has 2 unspecified atom stereocenters. The van der Waals surface area contributed by atoms with Crippen LogP contribution in [0.5, 0.6) is 0 Å². The number of rotatable bonds is 18. The lowest BCUT2D eigenvalue weighted by molar-refractivity contribution is -0.911. The maximum atomic E-state index is 8.52. The minimum atomic E-state index is -5.17. The van der Waals surface area contributed by atoms with Gasteiger partial charge in [0.05, 0.1) is 53.4 Å². The first-order valence-corrected chi connectivity index (χ1v) is 15.7. The molecule has 35 heavy (non-hydrogen) atoms. The lowest BCUT2D eigenvalue weighted by Gasteiger charge is -2.35. The molecule has 0 aliphatic rings. The first-order chi connectivity index (χ1) is 16.1. The molecule has 0 rings (SSSR count). The molecule has 0 aromatic rings. The quantitative estimate of drug-likeness (QED) is 0.0828. The monoisotopic (exact) mass is 524 g/mol. The number of quaternary nitrogens is 2. The molecule has 0 saturated heterocycles. The van der Waals surface area contributed by atoms with Crippen molar-refractivity contribution in [2.24, 2.45) is 0 Å². The normalized spacial score (nSPS) is 13.8. The third kappa shape index (κ3) is 29.9. The minimum Gasteiger partial charge on any atom is -0.759 e. The Morgan fingerprint density at radius 3 is 1.00 bits per heavy atom. The van der Waals surface area contributed by atoms with E-state index in [0.717, 1.165) is 12.1 Å². The van der Waals surface area contributed by atoms with Crippen molar-refractivity contribution in [1.82, 2.24) is 0 Å². The summed E-state index contributed by atoms with van der Waals surface area (Å²) < 4.78 is 36.4. The molecule has 0 saturated carbocycles. The van der Waals surface area contributed by atoms with Crippen LogP contribution in [0, 0.1) is 0 Å². The Hall–Kier alpha value is -0.210. The first kappa shape index (κ1) is 39.3. The summed E-state index contributed by atoms with van der Waals surface area (Å²) in [6, 6.07) is 1.64. The van der Waals surface area contributed by atoms with Gasteiger partial charge in [0.25, 0.3) is 0 Å². The van der Waals surface area contributed by atoms with E-state index in [4.69, 9.17) is 17.5 Å². The fourth-order valence-corrected chi connectivity index (χ4v) is 3.76. The molecule has 0 fully saturated rings. The van der Waals surface area contributed by atoms with E-state index in [1.807, 2.05) is 0 Å². The van der Waals surface area contributed by atoms with Crippen LogP contribution in [0.2, 0.25) is 0 Å². The number of hydrogen-bond donors (Lipinski definition) is 0. The Morgan fingerprint density at radius 2 is 0.771 bits per heavy atom. The molecule has 0 aliphatic carbocycles. The van der Waals surface area contributed by atoms with Crippen LogP contribution in [0.25, 0.3) is 0 Å². The smallest absolute Gasteiger partial charge is 0.0857 e. The molecule has 0 aromatic heterocycles. The molecule has 216 valence electrons. The van der Waals surface area contributed by atoms with Gasteiger partial charge in [0.1, 0.15) is 0 Å². The van der Waals surface area contributed by atoms with Crippen LogP contribution in [-0.2, 0) is 10.4 Å².